The normalized spacial score (nSPS) is 11.9. The molecule has 6 nitrogen and oxygen atoms in total. The molecule has 7 heteroatoms. The molecule has 0 saturated carbocycles. The van der Waals surface area contributed by atoms with E-state index in [2.05, 4.69) is 15.5 Å². The molecule has 3 rings (SSSR count). The van der Waals surface area contributed by atoms with Crippen LogP contribution in [-0.2, 0) is 23.1 Å². The number of rotatable bonds is 6. The maximum atomic E-state index is 12.4. The summed E-state index contributed by atoms with van der Waals surface area (Å²) in [4.78, 5) is 12.4. The van der Waals surface area contributed by atoms with Gasteiger partial charge < -0.3 is 5.32 Å². The van der Waals surface area contributed by atoms with Gasteiger partial charge in [-0.1, -0.05) is 30.3 Å². The van der Waals surface area contributed by atoms with Gasteiger partial charge in [0.2, 0.25) is 0 Å². The van der Waals surface area contributed by atoms with Crippen LogP contribution in [0.3, 0.4) is 0 Å². The lowest BCUT2D eigenvalue weighted by Crippen LogP contribution is -2.24. The van der Waals surface area contributed by atoms with E-state index in [1.807, 2.05) is 41.0 Å². The van der Waals surface area contributed by atoms with Crippen molar-refractivity contribution in [2.45, 2.75) is 12.3 Å². The minimum atomic E-state index is -0.944. The fourth-order valence-electron chi connectivity index (χ4n) is 2.48. The van der Waals surface area contributed by atoms with Gasteiger partial charge in [0, 0.05) is 34.1 Å². The third-order valence-electron chi connectivity index (χ3n) is 3.62. The van der Waals surface area contributed by atoms with Gasteiger partial charge in [-0.05, 0) is 29.8 Å². The number of aromatic nitrogens is 3. The van der Waals surface area contributed by atoms with Gasteiger partial charge in [-0.3, -0.25) is 13.6 Å². The Bertz CT molecular complexity index is 893. The summed E-state index contributed by atoms with van der Waals surface area (Å²) in [5, 5.41) is 10.9. The second-order valence-corrected chi connectivity index (χ2v) is 6.99. The molecule has 1 N–H and O–H groups in total. The number of hydrogen-bond donors (Lipinski definition) is 1. The number of carbonyl (C=O) groups excluding carboxylic acids is 1. The Hall–Kier alpha value is -2.80. The lowest BCUT2D eigenvalue weighted by atomic mass is 10.1. The smallest absolute Gasteiger partial charge is 0.251 e. The van der Waals surface area contributed by atoms with E-state index >= 15 is 0 Å². The standard InChI is InChI=1S/C18H18N4O2S/c1-25(24)12-14-6-5-7-15(10-14)18(23)19-11-17-21-20-13-22(17)16-8-3-2-4-9-16/h2-10,13H,11-12H2,1H3,(H,19,23)/t25-/m1/s1. The van der Waals surface area contributed by atoms with E-state index in [0.29, 0.717) is 17.1 Å². The molecular weight excluding hydrogens is 336 g/mol. The van der Waals surface area contributed by atoms with E-state index in [1.54, 1.807) is 30.8 Å². The summed E-state index contributed by atoms with van der Waals surface area (Å²) in [6.45, 7) is 0.262. The summed E-state index contributed by atoms with van der Waals surface area (Å²) in [6.07, 6.45) is 3.26. The average Bonchev–Trinajstić information content (AvgIpc) is 3.08. The van der Waals surface area contributed by atoms with Crippen LogP contribution in [0.2, 0.25) is 0 Å². The van der Waals surface area contributed by atoms with E-state index in [1.165, 1.54) is 0 Å². The molecule has 0 aliphatic carbocycles. The summed E-state index contributed by atoms with van der Waals surface area (Å²) in [7, 11) is -0.944. The molecule has 0 spiro atoms. The summed E-state index contributed by atoms with van der Waals surface area (Å²) in [6, 6.07) is 16.9. The zero-order valence-electron chi connectivity index (χ0n) is 13.8. The maximum Gasteiger partial charge on any atom is 0.251 e. The van der Waals surface area contributed by atoms with Crippen molar-refractivity contribution in [3.63, 3.8) is 0 Å². The zero-order chi connectivity index (χ0) is 17.6. The SMILES string of the molecule is C[S@@](=O)Cc1cccc(C(=O)NCc2nncn2-c2ccccc2)c1. The monoisotopic (exact) mass is 354 g/mol. The molecule has 1 aromatic heterocycles. The van der Waals surface area contributed by atoms with Crippen molar-refractivity contribution in [3.8, 4) is 5.69 Å². The molecular formula is C18H18N4O2S. The van der Waals surface area contributed by atoms with Gasteiger partial charge in [0.25, 0.3) is 5.91 Å². The minimum Gasteiger partial charge on any atom is -0.345 e. The van der Waals surface area contributed by atoms with Crippen molar-refractivity contribution in [1.29, 1.82) is 0 Å². The molecule has 3 aromatic rings. The minimum absolute atomic E-state index is 0.202. The number of benzene rings is 2. The summed E-state index contributed by atoms with van der Waals surface area (Å²) in [5.41, 5.74) is 2.35. The van der Waals surface area contributed by atoms with E-state index in [0.717, 1.165) is 11.3 Å². The number of hydrogen-bond acceptors (Lipinski definition) is 4. The number of nitrogens with one attached hydrogen (secondary N) is 1. The van der Waals surface area contributed by atoms with Gasteiger partial charge in [-0.15, -0.1) is 10.2 Å². The maximum absolute atomic E-state index is 12.4. The van der Waals surface area contributed by atoms with Gasteiger partial charge in [0.05, 0.1) is 6.54 Å². The van der Waals surface area contributed by atoms with Crippen LogP contribution in [-0.4, -0.2) is 31.1 Å². The highest BCUT2D eigenvalue weighted by Crippen LogP contribution is 2.10. The van der Waals surface area contributed by atoms with E-state index in [-0.39, 0.29) is 12.5 Å². The van der Waals surface area contributed by atoms with Crippen LogP contribution in [0, 0.1) is 0 Å². The molecule has 2 aromatic carbocycles. The summed E-state index contributed by atoms with van der Waals surface area (Å²) in [5.74, 6) is 0.875. The molecule has 0 unspecified atom stereocenters. The Morgan fingerprint density at radius 2 is 1.96 bits per heavy atom. The van der Waals surface area contributed by atoms with Crippen LogP contribution < -0.4 is 5.32 Å². The predicted molar refractivity (Wildman–Crippen MR) is 96.7 cm³/mol. The Balaban J connectivity index is 1.70. The van der Waals surface area contributed by atoms with Crippen molar-refractivity contribution in [1.82, 2.24) is 20.1 Å². The first-order chi connectivity index (χ1) is 12.1. The molecule has 0 bridgehead atoms. The Morgan fingerprint density at radius 1 is 1.16 bits per heavy atom. The topological polar surface area (TPSA) is 76.9 Å². The molecule has 1 atom stereocenters. The Kier molecular flexibility index (Phi) is 5.35. The van der Waals surface area contributed by atoms with Gasteiger partial charge in [0.1, 0.15) is 6.33 Å². The van der Waals surface area contributed by atoms with E-state index < -0.39 is 10.8 Å². The molecule has 0 aliphatic rings. The lowest BCUT2D eigenvalue weighted by Gasteiger charge is -2.08. The number of amides is 1. The zero-order valence-corrected chi connectivity index (χ0v) is 14.6. The Labute approximate surface area is 148 Å². The third kappa shape index (κ3) is 4.39. The average molecular weight is 354 g/mol. The first-order valence-electron chi connectivity index (χ1n) is 7.75. The van der Waals surface area contributed by atoms with E-state index in [9.17, 15) is 9.00 Å². The van der Waals surface area contributed by atoms with Crippen LogP contribution >= 0.6 is 0 Å². The van der Waals surface area contributed by atoms with Gasteiger partial charge in [-0.25, -0.2) is 0 Å². The predicted octanol–water partition coefficient (Wildman–Crippen LogP) is 2.08. The highest BCUT2D eigenvalue weighted by atomic mass is 32.2. The molecule has 1 amide bonds. The third-order valence-corrected chi connectivity index (χ3v) is 4.36. The molecule has 25 heavy (non-hydrogen) atoms. The van der Waals surface area contributed by atoms with Crippen molar-refractivity contribution < 1.29 is 9.00 Å². The molecule has 0 aliphatic heterocycles. The van der Waals surface area contributed by atoms with Gasteiger partial charge in [-0.2, -0.15) is 0 Å². The van der Waals surface area contributed by atoms with Crippen molar-refractivity contribution in [2.75, 3.05) is 6.26 Å². The molecule has 128 valence electrons. The summed E-state index contributed by atoms with van der Waals surface area (Å²) < 4.78 is 13.2. The van der Waals surface area contributed by atoms with Crippen LogP contribution in [0.1, 0.15) is 21.7 Å². The van der Waals surface area contributed by atoms with Crippen LogP contribution in [0.4, 0.5) is 0 Å². The lowest BCUT2D eigenvalue weighted by molar-refractivity contribution is 0.0949. The molecule has 0 fully saturated rings. The summed E-state index contributed by atoms with van der Waals surface area (Å²) >= 11 is 0. The second kappa shape index (κ2) is 7.85. The quantitative estimate of drug-likeness (QED) is 0.735. The molecule has 0 saturated heterocycles. The Morgan fingerprint density at radius 3 is 2.72 bits per heavy atom. The van der Waals surface area contributed by atoms with Gasteiger partial charge >= 0.3 is 0 Å². The van der Waals surface area contributed by atoms with Gasteiger partial charge in [0.15, 0.2) is 5.82 Å². The molecule has 1 heterocycles. The number of nitrogens with zero attached hydrogens (tertiary/aromatic N) is 3. The fourth-order valence-corrected chi connectivity index (χ4v) is 3.13. The van der Waals surface area contributed by atoms with Crippen molar-refractivity contribution in [2.24, 2.45) is 0 Å². The number of para-hydroxylation sites is 1. The number of carbonyl (C=O) groups is 1. The van der Waals surface area contributed by atoms with Crippen LogP contribution in [0.15, 0.2) is 60.9 Å². The highest BCUT2D eigenvalue weighted by Gasteiger charge is 2.10. The first-order valence-corrected chi connectivity index (χ1v) is 9.47. The van der Waals surface area contributed by atoms with Crippen LogP contribution in [0.25, 0.3) is 5.69 Å². The van der Waals surface area contributed by atoms with Crippen LogP contribution in [0.5, 0.6) is 0 Å². The second-order valence-electron chi connectivity index (χ2n) is 5.55. The first kappa shape index (κ1) is 17.0. The van der Waals surface area contributed by atoms with Crippen molar-refractivity contribution >= 4 is 16.7 Å². The fraction of sp³-hybridized carbons (Fsp3) is 0.167. The van der Waals surface area contributed by atoms with Crippen molar-refractivity contribution in [3.05, 3.63) is 77.9 Å². The molecule has 0 radical (unpaired) electrons. The van der Waals surface area contributed by atoms with E-state index in [4.69, 9.17) is 0 Å². The largest absolute Gasteiger partial charge is 0.345 e. The highest BCUT2D eigenvalue weighted by molar-refractivity contribution is 7.83.